The summed E-state index contributed by atoms with van der Waals surface area (Å²) in [5, 5.41) is 28.7. The highest BCUT2D eigenvalue weighted by Crippen LogP contribution is 1.84. The second kappa shape index (κ2) is 2.92. The third kappa shape index (κ3) is 3.35. The molecule has 0 heterocycles. The Balaban J connectivity index is 3.63. The molecule has 0 aliphatic heterocycles. The lowest BCUT2D eigenvalue weighted by molar-refractivity contribution is -0.633. The minimum Gasteiger partial charge on any atom is -0.264 e. The Hall–Kier alpha value is -1.24. The van der Waals surface area contributed by atoms with Crippen molar-refractivity contribution in [3.05, 3.63) is 20.2 Å². The van der Waals surface area contributed by atoms with Crippen LogP contribution >= 0.6 is 0 Å². The molecule has 0 rings (SSSR count). The van der Waals surface area contributed by atoms with Gasteiger partial charge in [0.25, 0.3) is 6.54 Å². The molecule has 0 aromatic heterocycles. The zero-order chi connectivity index (χ0) is 7.44. The van der Waals surface area contributed by atoms with E-state index in [0.29, 0.717) is 0 Å². The molecule has 0 fully saturated rings. The van der Waals surface area contributed by atoms with Crippen molar-refractivity contribution in [3.8, 4) is 0 Å². The topological polar surface area (TPSA) is 106 Å². The summed E-state index contributed by atoms with van der Waals surface area (Å²) < 4.78 is 0. The van der Waals surface area contributed by atoms with Gasteiger partial charge in [-0.3, -0.25) is 20.2 Å². The van der Waals surface area contributed by atoms with Gasteiger partial charge >= 0.3 is 6.23 Å². The molecule has 1 atom stereocenters. The molecule has 9 heavy (non-hydrogen) atoms. The molecular formula is C2H3N2O5. The van der Waals surface area contributed by atoms with Crippen molar-refractivity contribution in [2.45, 2.75) is 6.23 Å². The Morgan fingerprint density at radius 2 is 1.78 bits per heavy atom. The van der Waals surface area contributed by atoms with Crippen LogP contribution in [0.2, 0.25) is 0 Å². The van der Waals surface area contributed by atoms with Crippen LogP contribution in [0.3, 0.4) is 0 Å². The summed E-state index contributed by atoms with van der Waals surface area (Å²) in [5.41, 5.74) is 0. The molecule has 0 bridgehead atoms. The van der Waals surface area contributed by atoms with Gasteiger partial charge in [0, 0.05) is 4.92 Å². The lowest BCUT2D eigenvalue weighted by Crippen LogP contribution is -2.26. The van der Waals surface area contributed by atoms with Gasteiger partial charge in [0.1, 0.15) is 0 Å². The lowest BCUT2D eigenvalue weighted by atomic mass is 10.6. The Bertz CT molecular complexity index is 133. The first kappa shape index (κ1) is 7.76. The number of hydrogen-bond acceptors (Lipinski definition) is 4. The maximum absolute atomic E-state index is 9.90. The molecule has 0 aromatic carbocycles. The highest BCUT2D eigenvalue weighted by atomic mass is 16.7. The first-order valence-corrected chi connectivity index (χ1v) is 1.95. The van der Waals surface area contributed by atoms with Crippen LogP contribution in [0.25, 0.3) is 0 Å². The van der Waals surface area contributed by atoms with Gasteiger partial charge in [-0.15, -0.1) is 5.11 Å². The molecule has 0 spiro atoms. The summed E-state index contributed by atoms with van der Waals surface area (Å²) in [6.07, 6.45) is -2.33. The summed E-state index contributed by atoms with van der Waals surface area (Å²) in [5.74, 6) is 0. The first-order chi connectivity index (χ1) is 4.04. The fourth-order valence-electron chi connectivity index (χ4n) is 0.194. The van der Waals surface area contributed by atoms with E-state index in [2.05, 4.69) is 0 Å². The molecule has 0 aliphatic carbocycles. The van der Waals surface area contributed by atoms with Gasteiger partial charge in [0.05, 0.1) is 4.92 Å². The standard InChI is InChI=1S/C2H3N2O5/c5-2(4(8)9)1-3(6)7/h2H,1H2. The summed E-state index contributed by atoms with van der Waals surface area (Å²) in [7, 11) is 0. The zero-order valence-electron chi connectivity index (χ0n) is 4.22. The molecule has 7 heteroatoms. The molecule has 0 saturated carbocycles. The van der Waals surface area contributed by atoms with E-state index in [1.165, 1.54) is 0 Å². The summed E-state index contributed by atoms with van der Waals surface area (Å²) >= 11 is 0. The van der Waals surface area contributed by atoms with Gasteiger partial charge in [-0.25, -0.2) is 0 Å². The molecular weight excluding hydrogens is 132 g/mol. The predicted octanol–water partition coefficient (Wildman–Crippen LogP) is -0.704. The van der Waals surface area contributed by atoms with E-state index in [1.54, 1.807) is 0 Å². The smallest absolute Gasteiger partial charge is 0.264 e. The van der Waals surface area contributed by atoms with Gasteiger partial charge in [0.2, 0.25) is 0 Å². The van der Waals surface area contributed by atoms with Crippen molar-refractivity contribution in [3.63, 3.8) is 0 Å². The summed E-state index contributed by atoms with van der Waals surface area (Å²) in [6.45, 7) is -1.16. The maximum Gasteiger partial charge on any atom is 0.405 e. The zero-order valence-corrected chi connectivity index (χ0v) is 4.22. The van der Waals surface area contributed by atoms with E-state index in [0.717, 1.165) is 0 Å². The molecule has 51 valence electrons. The average Bonchev–Trinajstić information content (AvgIpc) is 1.63. The third-order valence-corrected chi connectivity index (χ3v) is 0.540. The fourth-order valence-corrected chi connectivity index (χ4v) is 0.194. The van der Waals surface area contributed by atoms with Crippen molar-refractivity contribution in [2.24, 2.45) is 0 Å². The third-order valence-electron chi connectivity index (χ3n) is 0.540. The normalized spacial score (nSPS) is 12.6. The minimum atomic E-state index is -2.33. The van der Waals surface area contributed by atoms with E-state index in [-0.39, 0.29) is 0 Å². The van der Waals surface area contributed by atoms with Crippen molar-refractivity contribution in [1.29, 1.82) is 0 Å². The van der Waals surface area contributed by atoms with Gasteiger partial charge in [-0.2, -0.15) is 0 Å². The van der Waals surface area contributed by atoms with Gasteiger partial charge < -0.3 is 0 Å². The molecule has 0 aromatic rings. The second-order valence-electron chi connectivity index (χ2n) is 1.26. The Labute approximate surface area is 49.2 Å². The molecule has 1 unspecified atom stereocenters. The average molecular weight is 135 g/mol. The second-order valence-corrected chi connectivity index (χ2v) is 1.26. The lowest BCUT2D eigenvalue weighted by Gasteiger charge is -1.91. The van der Waals surface area contributed by atoms with Crippen LogP contribution in [0.5, 0.6) is 0 Å². The van der Waals surface area contributed by atoms with Crippen molar-refractivity contribution < 1.29 is 15.0 Å². The predicted molar refractivity (Wildman–Crippen MR) is 23.3 cm³/mol. The molecule has 0 aliphatic rings. The summed E-state index contributed by atoms with van der Waals surface area (Å²) in [6, 6.07) is 0. The molecule has 1 radical (unpaired) electrons. The van der Waals surface area contributed by atoms with Gasteiger partial charge in [-0.05, 0) is 0 Å². The van der Waals surface area contributed by atoms with Crippen LogP contribution in [0.1, 0.15) is 0 Å². The Morgan fingerprint density at radius 1 is 1.33 bits per heavy atom. The van der Waals surface area contributed by atoms with Crippen molar-refractivity contribution >= 4 is 0 Å². The van der Waals surface area contributed by atoms with Crippen molar-refractivity contribution in [2.75, 3.05) is 6.54 Å². The molecule has 0 N–H and O–H groups in total. The highest BCUT2D eigenvalue weighted by Gasteiger charge is 2.23. The van der Waals surface area contributed by atoms with Crippen LogP contribution in [0.4, 0.5) is 0 Å². The number of nitrogens with zero attached hydrogens (tertiary/aromatic N) is 2. The SMILES string of the molecule is [O]C(C[N+](=O)[O-])[N+](=O)[O-]. The quantitative estimate of drug-likeness (QED) is 0.289. The monoisotopic (exact) mass is 135 g/mol. The molecule has 0 amide bonds. The van der Waals surface area contributed by atoms with E-state index < -0.39 is 22.6 Å². The van der Waals surface area contributed by atoms with Crippen LogP contribution < -0.4 is 0 Å². The molecule has 7 nitrogen and oxygen atoms in total. The van der Waals surface area contributed by atoms with Crippen LogP contribution in [0, 0.1) is 20.2 Å². The Morgan fingerprint density at radius 3 is 1.89 bits per heavy atom. The van der Waals surface area contributed by atoms with Crippen LogP contribution in [-0.2, 0) is 5.11 Å². The number of hydrogen-bond donors (Lipinski definition) is 0. The number of rotatable bonds is 3. The van der Waals surface area contributed by atoms with Crippen molar-refractivity contribution in [1.82, 2.24) is 0 Å². The van der Waals surface area contributed by atoms with Gasteiger partial charge in [0.15, 0.2) is 0 Å². The maximum atomic E-state index is 9.90. The number of nitro groups is 2. The summed E-state index contributed by atoms with van der Waals surface area (Å²) in [4.78, 5) is 16.6. The largest absolute Gasteiger partial charge is 0.405 e. The first-order valence-electron chi connectivity index (χ1n) is 1.95. The fraction of sp³-hybridized carbons (Fsp3) is 1.00. The van der Waals surface area contributed by atoms with Gasteiger partial charge in [-0.1, -0.05) is 0 Å². The highest BCUT2D eigenvalue weighted by molar-refractivity contribution is 4.30. The van der Waals surface area contributed by atoms with Crippen LogP contribution in [-0.4, -0.2) is 22.6 Å². The van der Waals surface area contributed by atoms with E-state index >= 15 is 0 Å². The van der Waals surface area contributed by atoms with Crippen LogP contribution in [0.15, 0.2) is 0 Å². The van der Waals surface area contributed by atoms with E-state index in [4.69, 9.17) is 0 Å². The minimum absolute atomic E-state index is 1.01. The molecule has 0 saturated heterocycles. The van der Waals surface area contributed by atoms with E-state index in [1.807, 2.05) is 0 Å². The van der Waals surface area contributed by atoms with E-state index in [9.17, 15) is 25.3 Å². The Kier molecular flexibility index (Phi) is 2.52.